The third kappa shape index (κ3) is 8.02. The van der Waals surface area contributed by atoms with Crippen LogP contribution in [0, 0.1) is 5.92 Å². The van der Waals surface area contributed by atoms with E-state index in [-0.39, 0.29) is 0 Å². The first-order chi connectivity index (χ1) is 5.66. The van der Waals surface area contributed by atoms with Gasteiger partial charge in [0.25, 0.3) is 0 Å². The van der Waals surface area contributed by atoms with Crippen LogP contribution >= 0.6 is 0 Å². The van der Waals surface area contributed by atoms with Gasteiger partial charge in [-0.25, -0.2) is 0 Å². The van der Waals surface area contributed by atoms with E-state index in [0.29, 0.717) is 0 Å². The molecule has 0 aromatic carbocycles. The fourth-order valence-corrected chi connectivity index (χ4v) is 0.955. The number of ether oxygens (including phenoxy) is 1. The summed E-state index contributed by atoms with van der Waals surface area (Å²) in [7, 11) is 2.15. The molecule has 0 aliphatic carbocycles. The van der Waals surface area contributed by atoms with Crippen LogP contribution in [-0.2, 0) is 4.74 Å². The molecule has 0 radical (unpaired) electrons. The Kier molecular flexibility index (Phi) is 7.51. The van der Waals surface area contributed by atoms with Crippen molar-refractivity contribution in [2.75, 3.05) is 33.4 Å². The molecule has 0 saturated carbocycles. The molecule has 0 spiro atoms. The maximum absolute atomic E-state index is 5.27. The van der Waals surface area contributed by atoms with Crippen molar-refractivity contribution in [3.05, 3.63) is 0 Å². The van der Waals surface area contributed by atoms with Crippen LogP contribution in [0.1, 0.15) is 27.2 Å². The van der Waals surface area contributed by atoms with Gasteiger partial charge in [-0.1, -0.05) is 13.8 Å². The summed E-state index contributed by atoms with van der Waals surface area (Å²) in [5, 5.41) is 0. The van der Waals surface area contributed by atoms with E-state index in [1.165, 1.54) is 13.0 Å². The average Bonchev–Trinajstić information content (AvgIpc) is 2.01. The lowest BCUT2D eigenvalue weighted by Crippen LogP contribution is -2.25. The summed E-state index contributed by atoms with van der Waals surface area (Å²) >= 11 is 0. The Morgan fingerprint density at radius 3 is 2.42 bits per heavy atom. The fourth-order valence-electron chi connectivity index (χ4n) is 0.955. The van der Waals surface area contributed by atoms with E-state index in [9.17, 15) is 0 Å². The molecule has 0 unspecified atom stereocenters. The molecule has 0 rings (SSSR count). The maximum Gasteiger partial charge on any atom is 0.0593 e. The van der Waals surface area contributed by atoms with Gasteiger partial charge in [-0.15, -0.1) is 0 Å². The summed E-state index contributed by atoms with van der Waals surface area (Å²) in [6, 6.07) is 0. The second kappa shape index (κ2) is 7.56. The van der Waals surface area contributed by atoms with Crippen LogP contribution in [0.15, 0.2) is 0 Å². The zero-order chi connectivity index (χ0) is 9.40. The van der Waals surface area contributed by atoms with Crippen molar-refractivity contribution in [2.24, 2.45) is 5.92 Å². The molecule has 2 heteroatoms. The van der Waals surface area contributed by atoms with Gasteiger partial charge < -0.3 is 9.64 Å². The molecule has 0 aliphatic heterocycles. The summed E-state index contributed by atoms with van der Waals surface area (Å²) in [6.45, 7) is 10.5. The van der Waals surface area contributed by atoms with Crippen LogP contribution in [0.4, 0.5) is 0 Å². The lowest BCUT2D eigenvalue weighted by atomic mass is 10.1. The van der Waals surface area contributed by atoms with Gasteiger partial charge in [-0.2, -0.15) is 0 Å². The predicted molar refractivity (Wildman–Crippen MR) is 53.4 cm³/mol. The monoisotopic (exact) mass is 173 g/mol. The molecule has 2 nitrogen and oxygen atoms in total. The van der Waals surface area contributed by atoms with Gasteiger partial charge in [-0.3, -0.25) is 0 Å². The van der Waals surface area contributed by atoms with Gasteiger partial charge in [0, 0.05) is 13.2 Å². The van der Waals surface area contributed by atoms with E-state index in [0.717, 1.165) is 25.7 Å². The summed E-state index contributed by atoms with van der Waals surface area (Å²) < 4.78 is 5.27. The molecule has 0 aliphatic rings. The van der Waals surface area contributed by atoms with Crippen LogP contribution < -0.4 is 0 Å². The minimum atomic E-state index is 0.805. The van der Waals surface area contributed by atoms with Gasteiger partial charge in [0.1, 0.15) is 0 Å². The Balaban J connectivity index is 3.15. The van der Waals surface area contributed by atoms with E-state index in [1.54, 1.807) is 0 Å². The van der Waals surface area contributed by atoms with Crippen LogP contribution in [-0.4, -0.2) is 38.3 Å². The predicted octanol–water partition coefficient (Wildman–Crippen LogP) is 2.00. The Bertz CT molecular complexity index is 93.8. The Hall–Kier alpha value is -0.0800. The molecule has 0 bridgehead atoms. The third-order valence-electron chi connectivity index (χ3n) is 1.91. The summed E-state index contributed by atoms with van der Waals surface area (Å²) in [4.78, 5) is 2.33. The Labute approximate surface area is 76.9 Å². The SMILES string of the molecule is CCOCCN(C)CCC(C)C. The molecular formula is C10H23NO. The van der Waals surface area contributed by atoms with Crippen molar-refractivity contribution in [1.29, 1.82) is 0 Å². The number of hydrogen-bond donors (Lipinski definition) is 0. The second-order valence-electron chi connectivity index (χ2n) is 3.68. The van der Waals surface area contributed by atoms with Gasteiger partial charge in [-0.05, 0) is 32.9 Å². The Morgan fingerprint density at radius 2 is 1.92 bits per heavy atom. The molecule has 12 heavy (non-hydrogen) atoms. The minimum Gasteiger partial charge on any atom is -0.380 e. The Morgan fingerprint density at radius 1 is 1.25 bits per heavy atom. The van der Waals surface area contributed by atoms with Gasteiger partial charge in [0.15, 0.2) is 0 Å². The standard InChI is InChI=1S/C10H23NO/c1-5-12-9-8-11(4)7-6-10(2)3/h10H,5-9H2,1-4H3. The molecular weight excluding hydrogens is 150 g/mol. The molecule has 0 atom stereocenters. The molecule has 0 aromatic heterocycles. The van der Waals surface area contributed by atoms with E-state index in [2.05, 4.69) is 25.8 Å². The van der Waals surface area contributed by atoms with Crippen molar-refractivity contribution in [3.63, 3.8) is 0 Å². The van der Waals surface area contributed by atoms with Crippen molar-refractivity contribution in [2.45, 2.75) is 27.2 Å². The van der Waals surface area contributed by atoms with Crippen LogP contribution in [0.5, 0.6) is 0 Å². The van der Waals surface area contributed by atoms with Crippen LogP contribution in [0.25, 0.3) is 0 Å². The molecule has 0 saturated heterocycles. The van der Waals surface area contributed by atoms with Crippen LogP contribution in [0.3, 0.4) is 0 Å². The van der Waals surface area contributed by atoms with Crippen molar-refractivity contribution in [3.8, 4) is 0 Å². The van der Waals surface area contributed by atoms with Gasteiger partial charge in [0.2, 0.25) is 0 Å². The van der Waals surface area contributed by atoms with Crippen molar-refractivity contribution >= 4 is 0 Å². The van der Waals surface area contributed by atoms with E-state index < -0.39 is 0 Å². The summed E-state index contributed by atoms with van der Waals surface area (Å²) in [5.74, 6) is 0.805. The minimum absolute atomic E-state index is 0.805. The highest BCUT2D eigenvalue weighted by Crippen LogP contribution is 1.99. The largest absolute Gasteiger partial charge is 0.380 e. The van der Waals surface area contributed by atoms with Gasteiger partial charge in [0.05, 0.1) is 6.61 Å². The molecule has 0 heterocycles. The number of likely N-dealkylation sites (N-methyl/N-ethyl adjacent to an activating group) is 1. The molecule has 0 aromatic rings. The first-order valence-corrected chi connectivity index (χ1v) is 4.93. The molecule has 0 fully saturated rings. The van der Waals surface area contributed by atoms with E-state index in [4.69, 9.17) is 4.74 Å². The fraction of sp³-hybridized carbons (Fsp3) is 1.00. The quantitative estimate of drug-likeness (QED) is 0.546. The lowest BCUT2D eigenvalue weighted by Gasteiger charge is -2.17. The zero-order valence-electron chi connectivity index (χ0n) is 8.97. The zero-order valence-corrected chi connectivity index (χ0v) is 8.97. The normalized spacial score (nSPS) is 11.5. The van der Waals surface area contributed by atoms with Gasteiger partial charge >= 0.3 is 0 Å². The third-order valence-corrected chi connectivity index (χ3v) is 1.91. The molecule has 0 N–H and O–H groups in total. The highest BCUT2D eigenvalue weighted by Gasteiger charge is 1.99. The van der Waals surface area contributed by atoms with Crippen molar-refractivity contribution in [1.82, 2.24) is 4.90 Å². The van der Waals surface area contributed by atoms with Crippen LogP contribution in [0.2, 0.25) is 0 Å². The smallest absolute Gasteiger partial charge is 0.0593 e. The van der Waals surface area contributed by atoms with E-state index in [1.807, 2.05) is 6.92 Å². The van der Waals surface area contributed by atoms with E-state index >= 15 is 0 Å². The highest BCUT2D eigenvalue weighted by atomic mass is 16.5. The molecule has 74 valence electrons. The second-order valence-corrected chi connectivity index (χ2v) is 3.68. The number of hydrogen-bond acceptors (Lipinski definition) is 2. The first kappa shape index (κ1) is 11.9. The maximum atomic E-state index is 5.27. The highest BCUT2D eigenvalue weighted by molar-refractivity contribution is 4.53. The lowest BCUT2D eigenvalue weighted by molar-refractivity contribution is 0.120. The number of nitrogens with zero attached hydrogens (tertiary/aromatic N) is 1. The van der Waals surface area contributed by atoms with Crippen molar-refractivity contribution < 1.29 is 4.74 Å². The first-order valence-electron chi connectivity index (χ1n) is 4.93. The number of rotatable bonds is 7. The summed E-state index contributed by atoms with van der Waals surface area (Å²) in [6.07, 6.45) is 1.28. The summed E-state index contributed by atoms with van der Waals surface area (Å²) in [5.41, 5.74) is 0. The average molecular weight is 173 g/mol. The molecule has 0 amide bonds. The topological polar surface area (TPSA) is 12.5 Å².